The van der Waals surface area contributed by atoms with Crippen molar-refractivity contribution in [2.45, 2.75) is 13.3 Å². The molecule has 0 aliphatic carbocycles. The highest BCUT2D eigenvalue weighted by atomic mass is 16.4. The van der Waals surface area contributed by atoms with E-state index in [9.17, 15) is 14.4 Å². The van der Waals surface area contributed by atoms with Crippen molar-refractivity contribution in [1.82, 2.24) is 9.80 Å². The van der Waals surface area contributed by atoms with Crippen LogP contribution in [0.1, 0.15) is 43.6 Å². The van der Waals surface area contributed by atoms with Crippen molar-refractivity contribution < 1.29 is 19.5 Å². The van der Waals surface area contributed by atoms with Crippen molar-refractivity contribution in [3.63, 3.8) is 0 Å². The summed E-state index contributed by atoms with van der Waals surface area (Å²) in [6, 6.07) is 13.6. The molecular weight excluding hydrogens is 344 g/mol. The van der Waals surface area contributed by atoms with Crippen LogP contribution in [0.5, 0.6) is 0 Å². The molecule has 0 unspecified atom stereocenters. The van der Waals surface area contributed by atoms with Gasteiger partial charge in [-0.25, -0.2) is 4.79 Å². The summed E-state index contributed by atoms with van der Waals surface area (Å²) in [6.07, 6.45) is 0.929. The summed E-state index contributed by atoms with van der Waals surface area (Å²) in [7, 11) is 0. The Morgan fingerprint density at radius 1 is 0.815 bits per heavy atom. The molecule has 1 aliphatic heterocycles. The molecule has 1 fully saturated rings. The van der Waals surface area contributed by atoms with E-state index in [1.165, 1.54) is 17.7 Å². The third kappa shape index (κ3) is 4.16. The van der Waals surface area contributed by atoms with E-state index in [-0.39, 0.29) is 17.4 Å². The molecule has 1 N–H and O–H groups in total. The number of amides is 2. The maximum absolute atomic E-state index is 12.6. The summed E-state index contributed by atoms with van der Waals surface area (Å²) in [5.41, 5.74) is 2.28. The molecule has 2 amide bonds. The van der Waals surface area contributed by atoms with Gasteiger partial charge in [0.15, 0.2) is 0 Å². The van der Waals surface area contributed by atoms with Crippen molar-refractivity contribution >= 4 is 17.8 Å². The number of nitrogens with zero attached hydrogens (tertiary/aromatic N) is 2. The number of carbonyl (C=O) groups excluding carboxylic acids is 2. The van der Waals surface area contributed by atoms with E-state index in [0.29, 0.717) is 37.3 Å². The zero-order valence-electron chi connectivity index (χ0n) is 15.2. The molecule has 2 aromatic carbocycles. The Morgan fingerprint density at radius 3 is 1.85 bits per heavy atom. The Balaban J connectivity index is 1.62. The minimum atomic E-state index is -1.06. The molecule has 2 aromatic rings. The number of aryl methyl sites for hydroxylation is 1. The highest BCUT2D eigenvalue weighted by molar-refractivity contribution is 5.98. The van der Waals surface area contributed by atoms with E-state index in [1.54, 1.807) is 21.9 Å². The van der Waals surface area contributed by atoms with E-state index >= 15 is 0 Å². The summed E-state index contributed by atoms with van der Waals surface area (Å²) in [4.78, 5) is 39.7. The molecule has 0 radical (unpaired) electrons. The number of carboxylic acid groups (broad SMARTS) is 1. The number of carboxylic acids is 1. The van der Waals surface area contributed by atoms with E-state index in [1.807, 2.05) is 24.3 Å². The van der Waals surface area contributed by atoms with Crippen LogP contribution in [0.4, 0.5) is 0 Å². The van der Waals surface area contributed by atoms with Crippen LogP contribution in [-0.2, 0) is 6.42 Å². The van der Waals surface area contributed by atoms with Crippen LogP contribution in [0.15, 0.2) is 48.5 Å². The number of carbonyl (C=O) groups is 3. The Morgan fingerprint density at radius 2 is 1.33 bits per heavy atom. The first kappa shape index (κ1) is 18.6. The second kappa shape index (κ2) is 8.03. The minimum Gasteiger partial charge on any atom is -0.478 e. The second-order valence-electron chi connectivity index (χ2n) is 6.52. The van der Waals surface area contributed by atoms with Gasteiger partial charge in [-0.15, -0.1) is 0 Å². The molecule has 6 nitrogen and oxygen atoms in total. The molecule has 6 heteroatoms. The van der Waals surface area contributed by atoms with Gasteiger partial charge in [0.25, 0.3) is 11.8 Å². The monoisotopic (exact) mass is 366 g/mol. The summed E-state index contributed by atoms with van der Waals surface area (Å²) in [5.74, 6) is -1.30. The average Bonchev–Trinajstić information content (AvgIpc) is 2.73. The van der Waals surface area contributed by atoms with E-state index in [0.717, 1.165) is 6.42 Å². The number of hydrogen-bond donors (Lipinski definition) is 1. The fourth-order valence-electron chi connectivity index (χ4n) is 3.15. The topological polar surface area (TPSA) is 77.9 Å². The lowest BCUT2D eigenvalue weighted by molar-refractivity contribution is 0.0535. The number of aromatic carboxylic acids is 1. The molecular formula is C21H22N2O4. The van der Waals surface area contributed by atoms with E-state index < -0.39 is 5.97 Å². The molecule has 1 aliphatic rings. The Kier molecular flexibility index (Phi) is 5.54. The van der Waals surface area contributed by atoms with Crippen molar-refractivity contribution in [3.8, 4) is 0 Å². The number of piperazine rings is 1. The Labute approximate surface area is 158 Å². The largest absolute Gasteiger partial charge is 0.478 e. The van der Waals surface area contributed by atoms with Crippen LogP contribution in [0.2, 0.25) is 0 Å². The first-order valence-corrected chi connectivity index (χ1v) is 9.00. The molecule has 3 rings (SSSR count). The summed E-state index contributed by atoms with van der Waals surface area (Å²) in [6.45, 7) is 3.83. The summed E-state index contributed by atoms with van der Waals surface area (Å²) in [5, 5.41) is 9.07. The van der Waals surface area contributed by atoms with E-state index in [4.69, 9.17) is 5.11 Å². The standard InChI is InChI=1S/C21H22N2O4/c1-2-15-6-8-16(9-7-15)19(24)22-10-12-23(13-11-22)20(25)17-4-3-5-18(14-17)21(26)27/h3-9,14H,2,10-13H2,1H3,(H,26,27). The molecule has 140 valence electrons. The maximum Gasteiger partial charge on any atom is 0.335 e. The van der Waals surface area contributed by atoms with Crippen LogP contribution in [0.25, 0.3) is 0 Å². The van der Waals surface area contributed by atoms with Gasteiger partial charge in [-0.3, -0.25) is 9.59 Å². The van der Waals surface area contributed by atoms with E-state index in [2.05, 4.69) is 6.92 Å². The fraction of sp³-hybridized carbons (Fsp3) is 0.286. The predicted molar refractivity (Wildman–Crippen MR) is 101 cm³/mol. The highest BCUT2D eigenvalue weighted by Crippen LogP contribution is 2.14. The lowest BCUT2D eigenvalue weighted by Gasteiger charge is -2.35. The molecule has 27 heavy (non-hydrogen) atoms. The van der Waals surface area contributed by atoms with Gasteiger partial charge in [-0.1, -0.05) is 25.1 Å². The second-order valence-corrected chi connectivity index (χ2v) is 6.52. The normalized spacial score (nSPS) is 14.1. The Hall–Kier alpha value is -3.15. The molecule has 0 saturated carbocycles. The fourth-order valence-corrected chi connectivity index (χ4v) is 3.15. The zero-order valence-corrected chi connectivity index (χ0v) is 15.2. The van der Waals surface area contributed by atoms with Crippen LogP contribution < -0.4 is 0 Å². The number of benzene rings is 2. The molecule has 0 bridgehead atoms. The van der Waals surface area contributed by atoms with Gasteiger partial charge >= 0.3 is 5.97 Å². The van der Waals surface area contributed by atoms with Gasteiger partial charge in [0, 0.05) is 37.3 Å². The minimum absolute atomic E-state index is 0.0300. The van der Waals surface area contributed by atoms with Crippen molar-refractivity contribution in [2.75, 3.05) is 26.2 Å². The van der Waals surface area contributed by atoms with Crippen LogP contribution in [-0.4, -0.2) is 58.9 Å². The highest BCUT2D eigenvalue weighted by Gasteiger charge is 2.25. The third-order valence-corrected chi connectivity index (χ3v) is 4.82. The van der Waals surface area contributed by atoms with Crippen LogP contribution >= 0.6 is 0 Å². The predicted octanol–water partition coefficient (Wildman–Crippen LogP) is 2.55. The smallest absolute Gasteiger partial charge is 0.335 e. The number of hydrogen-bond acceptors (Lipinski definition) is 3. The molecule has 1 heterocycles. The van der Waals surface area contributed by atoms with Gasteiger partial charge in [0.1, 0.15) is 0 Å². The van der Waals surface area contributed by atoms with Gasteiger partial charge in [0.05, 0.1) is 5.56 Å². The van der Waals surface area contributed by atoms with Crippen LogP contribution in [0.3, 0.4) is 0 Å². The molecule has 1 saturated heterocycles. The first-order valence-electron chi connectivity index (χ1n) is 9.00. The van der Waals surface area contributed by atoms with Crippen molar-refractivity contribution in [3.05, 3.63) is 70.8 Å². The maximum atomic E-state index is 12.6. The van der Waals surface area contributed by atoms with Gasteiger partial charge < -0.3 is 14.9 Å². The summed E-state index contributed by atoms with van der Waals surface area (Å²) < 4.78 is 0. The summed E-state index contributed by atoms with van der Waals surface area (Å²) >= 11 is 0. The average molecular weight is 366 g/mol. The SMILES string of the molecule is CCc1ccc(C(=O)N2CCN(C(=O)c3cccc(C(=O)O)c3)CC2)cc1. The molecule has 0 spiro atoms. The van der Waals surface area contributed by atoms with Gasteiger partial charge in [0.2, 0.25) is 0 Å². The van der Waals surface area contributed by atoms with Crippen molar-refractivity contribution in [1.29, 1.82) is 0 Å². The Bertz CT molecular complexity index is 853. The molecule has 0 aromatic heterocycles. The quantitative estimate of drug-likeness (QED) is 0.902. The lowest BCUT2D eigenvalue weighted by Crippen LogP contribution is -2.50. The number of rotatable bonds is 4. The molecule has 0 atom stereocenters. The van der Waals surface area contributed by atoms with Crippen LogP contribution in [0, 0.1) is 0 Å². The van der Waals surface area contributed by atoms with Crippen molar-refractivity contribution in [2.24, 2.45) is 0 Å². The zero-order chi connectivity index (χ0) is 19.4. The van der Waals surface area contributed by atoms with Gasteiger partial charge in [-0.2, -0.15) is 0 Å². The van der Waals surface area contributed by atoms with Gasteiger partial charge in [-0.05, 0) is 42.3 Å². The lowest BCUT2D eigenvalue weighted by atomic mass is 10.1. The third-order valence-electron chi connectivity index (χ3n) is 4.82. The first-order chi connectivity index (χ1) is 13.0.